The monoisotopic (exact) mass is 409 g/mol. The summed E-state index contributed by atoms with van der Waals surface area (Å²) in [7, 11) is 0. The van der Waals surface area contributed by atoms with E-state index in [1.165, 1.54) is 18.2 Å². The Morgan fingerprint density at radius 1 is 0.767 bits per heavy atom. The summed E-state index contributed by atoms with van der Waals surface area (Å²) in [6.07, 6.45) is 1.83. The van der Waals surface area contributed by atoms with E-state index in [1.807, 2.05) is 39.0 Å². The van der Waals surface area contributed by atoms with Crippen LogP contribution in [0.25, 0.3) is 22.6 Å². The molecule has 0 atom stereocenters. The number of nitrogens with zero attached hydrogens (tertiary/aromatic N) is 3. The van der Waals surface area contributed by atoms with Gasteiger partial charge in [-0.15, -0.1) is 0 Å². The first-order valence-electron chi connectivity index (χ1n) is 10.5. The number of hydrogen-bond acceptors (Lipinski definition) is 3. The molecule has 1 aromatic heterocycles. The average Bonchev–Trinajstić information content (AvgIpc) is 2.67. The molecule has 0 bridgehead atoms. The van der Waals surface area contributed by atoms with Crippen LogP contribution in [0.15, 0.2) is 36.4 Å². The second kappa shape index (κ2) is 9.33. The highest BCUT2D eigenvalue weighted by atomic mass is 19.1. The molecule has 0 fully saturated rings. The Hall–Kier alpha value is -2.82. The summed E-state index contributed by atoms with van der Waals surface area (Å²) in [5, 5.41) is 0. The molecular formula is C25H29F2N3. The Balaban J connectivity index is 2.36. The standard InChI is InChI=1S/C25H29F2N3/c1-6-14-30(15-7-2)24-18(5)28-25(21-16(3)10-8-11-17(21)4)29-23(24)22-19(26)12-9-13-20(22)27/h8-13H,6-7,14-15H2,1-5H3. The lowest BCUT2D eigenvalue weighted by atomic mass is 10.0. The van der Waals surface area contributed by atoms with E-state index in [0.717, 1.165) is 48.3 Å². The summed E-state index contributed by atoms with van der Waals surface area (Å²) >= 11 is 0. The zero-order valence-electron chi connectivity index (χ0n) is 18.4. The van der Waals surface area contributed by atoms with Crippen LogP contribution in [0.1, 0.15) is 43.5 Å². The molecule has 1 heterocycles. The van der Waals surface area contributed by atoms with Crippen molar-refractivity contribution in [3.05, 3.63) is 64.9 Å². The van der Waals surface area contributed by atoms with Gasteiger partial charge in [0.25, 0.3) is 0 Å². The van der Waals surface area contributed by atoms with Crippen molar-refractivity contribution in [2.75, 3.05) is 18.0 Å². The number of aromatic nitrogens is 2. The van der Waals surface area contributed by atoms with Gasteiger partial charge in [-0.25, -0.2) is 18.7 Å². The van der Waals surface area contributed by atoms with Gasteiger partial charge in [0, 0.05) is 18.7 Å². The maximum Gasteiger partial charge on any atom is 0.160 e. The Kier molecular flexibility index (Phi) is 6.80. The van der Waals surface area contributed by atoms with E-state index in [-0.39, 0.29) is 5.56 Å². The third-order valence-electron chi connectivity index (χ3n) is 5.27. The van der Waals surface area contributed by atoms with E-state index >= 15 is 0 Å². The maximum atomic E-state index is 14.9. The van der Waals surface area contributed by atoms with Gasteiger partial charge in [-0.05, 0) is 56.9 Å². The minimum Gasteiger partial charge on any atom is -0.368 e. The van der Waals surface area contributed by atoms with E-state index in [4.69, 9.17) is 9.97 Å². The fourth-order valence-corrected chi connectivity index (χ4v) is 4.00. The average molecular weight is 410 g/mol. The predicted molar refractivity (Wildman–Crippen MR) is 120 cm³/mol. The molecule has 0 saturated heterocycles. The molecule has 0 spiro atoms. The Labute approximate surface area is 177 Å². The summed E-state index contributed by atoms with van der Waals surface area (Å²) < 4.78 is 29.7. The molecular weight excluding hydrogens is 380 g/mol. The fourth-order valence-electron chi connectivity index (χ4n) is 4.00. The summed E-state index contributed by atoms with van der Waals surface area (Å²) in [6.45, 7) is 11.6. The van der Waals surface area contributed by atoms with Gasteiger partial charge >= 0.3 is 0 Å². The van der Waals surface area contributed by atoms with Crippen molar-refractivity contribution in [2.24, 2.45) is 0 Å². The van der Waals surface area contributed by atoms with Crippen molar-refractivity contribution >= 4 is 5.69 Å². The molecule has 0 aliphatic carbocycles. The summed E-state index contributed by atoms with van der Waals surface area (Å²) in [6, 6.07) is 9.92. The van der Waals surface area contributed by atoms with Crippen LogP contribution in [0, 0.1) is 32.4 Å². The summed E-state index contributed by atoms with van der Waals surface area (Å²) in [5.41, 5.74) is 4.62. The highest BCUT2D eigenvalue weighted by molar-refractivity contribution is 5.80. The molecule has 0 radical (unpaired) electrons. The lowest BCUT2D eigenvalue weighted by Gasteiger charge is -2.28. The number of benzene rings is 2. The smallest absolute Gasteiger partial charge is 0.160 e. The van der Waals surface area contributed by atoms with Crippen LogP contribution < -0.4 is 4.90 Å². The van der Waals surface area contributed by atoms with E-state index in [1.54, 1.807) is 0 Å². The molecule has 0 N–H and O–H groups in total. The lowest BCUT2D eigenvalue weighted by Crippen LogP contribution is -2.27. The topological polar surface area (TPSA) is 29.0 Å². The van der Waals surface area contributed by atoms with Gasteiger partial charge in [-0.3, -0.25) is 0 Å². The summed E-state index contributed by atoms with van der Waals surface area (Å²) in [5.74, 6) is -0.734. The molecule has 0 unspecified atom stereocenters. The molecule has 158 valence electrons. The second-order valence-electron chi connectivity index (χ2n) is 7.68. The van der Waals surface area contributed by atoms with Crippen molar-refractivity contribution in [1.29, 1.82) is 0 Å². The van der Waals surface area contributed by atoms with Gasteiger partial charge in [0.05, 0.1) is 16.9 Å². The SMILES string of the molecule is CCCN(CCC)c1c(C)nc(-c2c(C)cccc2C)nc1-c1c(F)cccc1F. The van der Waals surface area contributed by atoms with Crippen LogP contribution in [0.2, 0.25) is 0 Å². The first kappa shape index (κ1) is 21.9. The van der Waals surface area contributed by atoms with Gasteiger partial charge in [0.2, 0.25) is 0 Å². The van der Waals surface area contributed by atoms with Crippen LogP contribution in [-0.2, 0) is 0 Å². The van der Waals surface area contributed by atoms with Gasteiger partial charge in [-0.1, -0.05) is 38.1 Å². The van der Waals surface area contributed by atoms with Crippen molar-refractivity contribution in [2.45, 2.75) is 47.5 Å². The number of hydrogen-bond donors (Lipinski definition) is 0. The van der Waals surface area contributed by atoms with E-state index in [9.17, 15) is 8.78 Å². The maximum absolute atomic E-state index is 14.9. The number of anilines is 1. The number of rotatable bonds is 7. The quantitative estimate of drug-likeness (QED) is 0.438. The zero-order valence-corrected chi connectivity index (χ0v) is 18.4. The third-order valence-corrected chi connectivity index (χ3v) is 5.27. The van der Waals surface area contributed by atoms with Gasteiger partial charge in [0.1, 0.15) is 17.3 Å². The minimum absolute atomic E-state index is 0.0947. The van der Waals surface area contributed by atoms with Gasteiger partial charge in [-0.2, -0.15) is 0 Å². The van der Waals surface area contributed by atoms with Crippen molar-refractivity contribution in [3.8, 4) is 22.6 Å². The van der Waals surface area contributed by atoms with Crippen molar-refractivity contribution in [3.63, 3.8) is 0 Å². The van der Waals surface area contributed by atoms with Crippen LogP contribution in [0.5, 0.6) is 0 Å². The largest absolute Gasteiger partial charge is 0.368 e. The Morgan fingerprint density at radius 2 is 1.30 bits per heavy atom. The van der Waals surface area contributed by atoms with Gasteiger partial charge in [0.15, 0.2) is 5.82 Å². The van der Waals surface area contributed by atoms with Crippen molar-refractivity contribution < 1.29 is 8.78 Å². The number of aryl methyl sites for hydroxylation is 3. The van der Waals surface area contributed by atoms with Crippen LogP contribution in [0.3, 0.4) is 0 Å². The first-order chi connectivity index (χ1) is 14.4. The molecule has 0 saturated carbocycles. The molecule has 0 aliphatic heterocycles. The Bertz CT molecular complexity index is 1000. The van der Waals surface area contributed by atoms with Crippen molar-refractivity contribution in [1.82, 2.24) is 9.97 Å². The molecule has 5 heteroatoms. The highest BCUT2D eigenvalue weighted by Crippen LogP contribution is 2.37. The Morgan fingerprint density at radius 3 is 1.83 bits per heavy atom. The normalized spacial score (nSPS) is 11.0. The van der Waals surface area contributed by atoms with Crippen LogP contribution in [-0.4, -0.2) is 23.1 Å². The second-order valence-corrected chi connectivity index (χ2v) is 7.68. The molecule has 3 aromatic rings. The van der Waals surface area contributed by atoms with E-state index in [0.29, 0.717) is 17.2 Å². The zero-order chi connectivity index (χ0) is 21.8. The van der Waals surface area contributed by atoms with Crippen LogP contribution in [0.4, 0.5) is 14.5 Å². The fraction of sp³-hybridized carbons (Fsp3) is 0.360. The minimum atomic E-state index is -0.616. The number of halogens is 2. The summed E-state index contributed by atoms with van der Waals surface area (Å²) in [4.78, 5) is 11.7. The molecule has 3 nitrogen and oxygen atoms in total. The molecule has 0 amide bonds. The first-order valence-corrected chi connectivity index (χ1v) is 10.5. The molecule has 3 rings (SSSR count). The highest BCUT2D eigenvalue weighted by Gasteiger charge is 2.24. The van der Waals surface area contributed by atoms with Gasteiger partial charge < -0.3 is 4.90 Å². The van der Waals surface area contributed by atoms with Crippen LogP contribution >= 0.6 is 0 Å². The predicted octanol–water partition coefficient (Wildman–Crippen LogP) is 6.64. The molecule has 0 aliphatic rings. The third kappa shape index (κ3) is 4.20. The lowest BCUT2D eigenvalue weighted by molar-refractivity contribution is 0.588. The van der Waals surface area contributed by atoms with E-state index < -0.39 is 11.6 Å². The molecule has 2 aromatic carbocycles. The van der Waals surface area contributed by atoms with E-state index in [2.05, 4.69) is 18.7 Å². The molecule has 30 heavy (non-hydrogen) atoms.